The molecule has 0 spiro atoms. The summed E-state index contributed by atoms with van der Waals surface area (Å²) in [6.07, 6.45) is 5.36. The van der Waals surface area contributed by atoms with E-state index in [9.17, 15) is 4.79 Å². The first-order valence-electron chi connectivity index (χ1n) is 14.4. The van der Waals surface area contributed by atoms with E-state index in [1.807, 2.05) is 33.0 Å². The maximum Gasteiger partial charge on any atom is 0.243 e. The third kappa shape index (κ3) is 6.05. The zero-order valence-corrected chi connectivity index (χ0v) is 24.1. The Morgan fingerprint density at radius 3 is 2.77 bits per heavy atom. The molecule has 2 aromatic rings. The highest BCUT2D eigenvalue weighted by Crippen LogP contribution is 2.48. The van der Waals surface area contributed by atoms with E-state index in [1.165, 1.54) is 17.7 Å². The van der Waals surface area contributed by atoms with E-state index in [0.29, 0.717) is 37.9 Å². The molecule has 2 heterocycles. The van der Waals surface area contributed by atoms with Crippen molar-refractivity contribution in [1.29, 1.82) is 0 Å². The van der Waals surface area contributed by atoms with E-state index in [4.69, 9.17) is 24.3 Å². The molecule has 1 aromatic heterocycles. The van der Waals surface area contributed by atoms with E-state index < -0.39 is 0 Å². The molecule has 0 bridgehead atoms. The van der Waals surface area contributed by atoms with Crippen LogP contribution in [0, 0.1) is 18.8 Å². The van der Waals surface area contributed by atoms with Gasteiger partial charge in [0.2, 0.25) is 5.91 Å². The molecule has 3 atom stereocenters. The number of hydrogen-bond donors (Lipinski definition) is 1. The molecule has 1 aromatic carbocycles. The van der Waals surface area contributed by atoms with Gasteiger partial charge in [0.25, 0.3) is 0 Å². The zero-order valence-electron chi connectivity index (χ0n) is 24.1. The molecule has 3 unspecified atom stereocenters. The Hall–Kier alpha value is -2.75. The number of aromatic nitrogens is 2. The minimum Gasteiger partial charge on any atom is -0.489 e. The van der Waals surface area contributed by atoms with Gasteiger partial charge in [0.1, 0.15) is 18.1 Å². The fourth-order valence-electron chi connectivity index (χ4n) is 5.88. The molecule has 1 saturated carbocycles. The Labute approximate surface area is 231 Å². The number of hydrogen-bond acceptors (Lipinski definition) is 7. The number of rotatable bonds is 11. The lowest BCUT2D eigenvalue weighted by molar-refractivity contribution is -0.124. The van der Waals surface area contributed by atoms with Crippen LogP contribution in [0.5, 0.6) is 5.75 Å². The Kier molecular flexibility index (Phi) is 8.69. The number of aliphatic imine (C=N–C) groups is 1. The number of fused-ring (bicyclic) bond motifs is 2. The molecule has 0 radical (unpaired) electrons. The van der Waals surface area contributed by atoms with Crippen molar-refractivity contribution in [2.24, 2.45) is 16.8 Å². The average Bonchev–Trinajstić information content (AvgIpc) is 3.60. The number of H-pyrrole nitrogens is 1. The number of methoxy groups -OCH3 is 1. The second-order valence-electron chi connectivity index (χ2n) is 11.2. The highest BCUT2D eigenvalue weighted by molar-refractivity contribution is 6.03. The Morgan fingerprint density at radius 2 is 2.03 bits per heavy atom. The van der Waals surface area contributed by atoms with Gasteiger partial charge in [0, 0.05) is 38.5 Å². The van der Waals surface area contributed by atoms with Crippen LogP contribution in [0.25, 0.3) is 0 Å². The number of morpholine rings is 1. The number of anilines is 1. The van der Waals surface area contributed by atoms with Crippen molar-refractivity contribution in [3.63, 3.8) is 0 Å². The van der Waals surface area contributed by atoms with Crippen molar-refractivity contribution in [2.45, 2.75) is 58.9 Å². The van der Waals surface area contributed by atoms with Crippen LogP contribution < -0.4 is 9.64 Å². The first-order valence-corrected chi connectivity index (χ1v) is 14.4. The number of aromatic amines is 1. The number of likely N-dealkylation sites (N-methyl/N-ethyl adjacent to an activating group) is 1. The third-order valence-electron chi connectivity index (χ3n) is 8.44. The highest BCUT2D eigenvalue weighted by Gasteiger charge is 2.43. The number of nitrogens with one attached hydrogen (secondary N) is 1. The summed E-state index contributed by atoms with van der Waals surface area (Å²) in [6, 6.07) is 3.72. The number of ether oxygens (including phenoxy) is 3. The molecule has 9 nitrogen and oxygen atoms in total. The Bertz CT molecular complexity index is 1200. The Morgan fingerprint density at radius 1 is 1.26 bits per heavy atom. The molecule has 1 aliphatic heterocycles. The van der Waals surface area contributed by atoms with E-state index in [1.54, 1.807) is 12.0 Å². The van der Waals surface area contributed by atoms with E-state index >= 15 is 0 Å². The van der Waals surface area contributed by atoms with Crippen molar-refractivity contribution in [2.75, 3.05) is 58.6 Å². The SMILES string of the molecule is CCC/C(=N\c1cc(N(C)C(=O)C(C)N2CCOCC2)c(OCCOC)cc1C)c1n[nH]c2c1CC1CC1C2. The molecule has 3 aliphatic rings. The van der Waals surface area contributed by atoms with Gasteiger partial charge in [-0.25, -0.2) is 0 Å². The van der Waals surface area contributed by atoms with Crippen LogP contribution in [0.1, 0.15) is 55.6 Å². The van der Waals surface area contributed by atoms with Crippen molar-refractivity contribution in [3.05, 3.63) is 34.6 Å². The van der Waals surface area contributed by atoms with Crippen LogP contribution >= 0.6 is 0 Å². The summed E-state index contributed by atoms with van der Waals surface area (Å²) < 4.78 is 16.8. The maximum atomic E-state index is 13.6. The summed E-state index contributed by atoms with van der Waals surface area (Å²) in [5, 5.41) is 8.07. The van der Waals surface area contributed by atoms with Gasteiger partial charge in [-0.1, -0.05) is 13.3 Å². The van der Waals surface area contributed by atoms with E-state index in [-0.39, 0.29) is 11.9 Å². The molecule has 5 rings (SSSR count). The van der Waals surface area contributed by atoms with Gasteiger partial charge >= 0.3 is 0 Å². The largest absolute Gasteiger partial charge is 0.489 e. The fourth-order valence-corrected chi connectivity index (χ4v) is 5.88. The second-order valence-corrected chi connectivity index (χ2v) is 11.2. The summed E-state index contributed by atoms with van der Waals surface area (Å²) >= 11 is 0. The van der Waals surface area contributed by atoms with Gasteiger partial charge in [0.05, 0.1) is 42.9 Å². The monoisotopic (exact) mass is 537 g/mol. The molecule has 1 amide bonds. The van der Waals surface area contributed by atoms with E-state index in [0.717, 1.165) is 73.3 Å². The van der Waals surface area contributed by atoms with Crippen molar-refractivity contribution >= 4 is 23.0 Å². The Balaban J connectivity index is 1.48. The summed E-state index contributed by atoms with van der Waals surface area (Å²) in [7, 11) is 3.48. The molecule has 2 aliphatic carbocycles. The van der Waals surface area contributed by atoms with Crippen LogP contribution in [-0.2, 0) is 27.1 Å². The van der Waals surface area contributed by atoms with Gasteiger partial charge in [-0.05, 0) is 69.1 Å². The molecule has 2 fully saturated rings. The number of aryl methyl sites for hydroxylation is 1. The van der Waals surface area contributed by atoms with Gasteiger partial charge < -0.3 is 19.1 Å². The van der Waals surface area contributed by atoms with Crippen LogP contribution in [-0.4, -0.2) is 86.4 Å². The molecule has 212 valence electrons. The predicted molar refractivity (Wildman–Crippen MR) is 153 cm³/mol. The van der Waals surface area contributed by atoms with Crippen LogP contribution in [0.3, 0.4) is 0 Å². The number of nitrogens with zero attached hydrogens (tertiary/aromatic N) is 4. The van der Waals surface area contributed by atoms with Gasteiger partial charge in [-0.3, -0.25) is 19.8 Å². The molecule has 1 N–H and O–H groups in total. The molecular weight excluding hydrogens is 494 g/mol. The van der Waals surface area contributed by atoms with Crippen molar-refractivity contribution < 1.29 is 19.0 Å². The zero-order chi connectivity index (χ0) is 27.5. The molecular formula is C30H43N5O4. The second kappa shape index (κ2) is 12.2. The summed E-state index contributed by atoms with van der Waals surface area (Å²) in [5.74, 6) is 2.31. The van der Waals surface area contributed by atoms with Gasteiger partial charge in [-0.15, -0.1) is 0 Å². The number of carbonyl (C=O) groups excluding carboxylic acids is 1. The summed E-state index contributed by atoms with van der Waals surface area (Å²) in [4.78, 5) is 22.7. The topological polar surface area (TPSA) is 92.3 Å². The van der Waals surface area contributed by atoms with Crippen LogP contribution in [0.4, 0.5) is 11.4 Å². The number of benzene rings is 1. The van der Waals surface area contributed by atoms with Gasteiger partial charge in [-0.2, -0.15) is 5.10 Å². The lowest BCUT2D eigenvalue weighted by atomic mass is 9.93. The lowest BCUT2D eigenvalue weighted by Crippen LogP contribution is -2.50. The van der Waals surface area contributed by atoms with Crippen LogP contribution in [0.15, 0.2) is 17.1 Å². The maximum absolute atomic E-state index is 13.6. The minimum absolute atomic E-state index is 0.0152. The standard InChI is InChI=1S/C30H43N5O4/c1-6-7-24(29-23-16-21-15-22(21)17-26(23)32-33-29)31-25-18-27(28(14-19(25)2)39-13-12-37-5)34(4)30(36)20(3)35-8-10-38-11-9-35/h14,18,20-22H,6-13,15-17H2,1-5H3,(H,32,33)/b31-24+. The number of carbonyl (C=O) groups is 1. The van der Waals surface area contributed by atoms with Crippen LogP contribution in [0.2, 0.25) is 0 Å². The molecule has 39 heavy (non-hydrogen) atoms. The first kappa shape index (κ1) is 27.8. The normalized spacial score (nSPS) is 21.7. The first-order chi connectivity index (χ1) is 18.9. The molecule has 1 saturated heterocycles. The summed E-state index contributed by atoms with van der Waals surface area (Å²) in [5.41, 5.74) is 7.20. The van der Waals surface area contributed by atoms with Gasteiger partial charge in [0.15, 0.2) is 0 Å². The highest BCUT2D eigenvalue weighted by atomic mass is 16.5. The number of amides is 1. The quantitative estimate of drug-likeness (QED) is 0.343. The summed E-state index contributed by atoms with van der Waals surface area (Å²) in [6.45, 7) is 9.84. The molecule has 9 heteroatoms. The van der Waals surface area contributed by atoms with E-state index in [2.05, 4.69) is 16.9 Å². The average molecular weight is 538 g/mol. The lowest BCUT2D eigenvalue weighted by Gasteiger charge is -2.34. The van der Waals surface area contributed by atoms with Crippen molar-refractivity contribution in [3.8, 4) is 5.75 Å². The predicted octanol–water partition coefficient (Wildman–Crippen LogP) is 4.08. The minimum atomic E-state index is -0.267. The fraction of sp³-hybridized carbons (Fsp3) is 0.633. The van der Waals surface area contributed by atoms with Crippen molar-refractivity contribution in [1.82, 2.24) is 15.1 Å². The smallest absolute Gasteiger partial charge is 0.243 e. The third-order valence-corrected chi connectivity index (χ3v) is 8.44.